The molecule has 0 aliphatic carbocycles. The lowest BCUT2D eigenvalue weighted by Gasteiger charge is -2.42. The molecule has 0 radical (unpaired) electrons. The van der Waals surface area contributed by atoms with E-state index in [4.69, 9.17) is 4.42 Å². The summed E-state index contributed by atoms with van der Waals surface area (Å²) < 4.78 is 5.93. The van der Waals surface area contributed by atoms with Crippen LogP contribution in [0.3, 0.4) is 0 Å². The number of nitrogens with zero attached hydrogens (tertiary/aromatic N) is 4. The second-order valence-electron chi connectivity index (χ2n) is 7.87. The van der Waals surface area contributed by atoms with E-state index in [0.717, 1.165) is 75.5 Å². The Morgan fingerprint density at radius 2 is 2.00 bits per heavy atom. The standard InChI is InChI=1S/C21H30N4O2/c1-3-23(2)20(26)16-7-6-12-25(15-16)17-10-13-24(14-11-17)21-22-18-8-4-5-9-19(18)27-21/h4-5,8-9,16-17H,3,6-7,10-15H2,1-2H3. The van der Waals surface area contributed by atoms with Gasteiger partial charge in [0.2, 0.25) is 5.91 Å². The van der Waals surface area contributed by atoms with Crippen molar-refractivity contribution in [3.05, 3.63) is 24.3 Å². The van der Waals surface area contributed by atoms with Gasteiger partial charge in [-0.1, -0.05) is 12.1 Å². The molecule has 1 aromatic carbocycles. The minimum absolute atomic E-state index is 0.166. The Labute approximate surface area is 161 Å². The van der Waals surface area contributed by atoms with Gasteiger partial charge in [-0.15, -0.1) is 0 Å². The molecule has 6 heteroatoms. The second-order valence-corrected chi connectivity index (χ2v) is 7.87. The minimum atomic E-state index is 0.166. The number of hydrogen-bond acceptors (Lipinski definition) is 5. The largest absolute Gasteiger partial charge is 0.423 e. The van der Waals surface area contributed by atoms with Crippen molar-refractivity contribution in [2.24, 2.45) is 5.92 Å². The SMILES string of the molecule is CCN(C)C(=O)C1CCCN(C2CCN(c3nc4ccccc4o3)CC2)C1. The maximum atomic E-state index is 12.6. The van der Waals surface area contributed by atoms with Crippen molar-refractivity contribution < 1.29 is 9.21 Å². The lowest BCUT2D eigenvalue weighted by molar-refractivity contribution is -0.136. The molecule has 4 rings (SSSR count). The lowest BCUT2D eigenvalue weighted by Crippen LogP contribution is -2.51. The van der Waals surface area contributed by atoms with Gasteiger partial charge >= 0.3 is 0 Å². The van der Waals surface area contributed by atoms with Gasteiger partial charge in [0.25, 0.3) is 6.01 Å². The number of hydrogen-bond donors (Lipinski definition) is 0. The first-order valence-corrected chi connectivity index (χ1v) is 10.2. The number of amides is 1. The summed E-state index contributed by atoms with van der Waals surface area (Å²) in [7, 11) is 1.92. The number of fused-ring (bicyclic) bond motifs is 1. The number of rotatable bonds is 4. The molecule has 3 heterocycles. The zero-order chi connectivity index (χ0) is 18.8. The first-order chi connectivity index (χ1) is 13.2. The fourth-order valence-electron chi connectivity index (χ4n) is 4.42. The molecule has 2 aromatic rings. The molecule has 1 amide bonds. The molecule has 0 spiro atoms. The molecule has 1 aromatic heterocycles. The highest BCUT2D eigenvalue weighted by molar-refractivity contribution is 5.79. The third-order valence-corrected chi connectivity index (χ3v) is 6.19. The van der Waals surface area contributed by atoms with Gasteiger partial charge in [-0.25, -0.2) is 0 Å². The van der Waals surface area contributed by atoms with Crippen molar-refractivity contribution in [1.82, 2.24) is 14.8 Å². The van der Waals surface area contributed by atoms with Gasteiger partial charge in [0, 0.05) is 39.3 Å². The summed E-state index contributed by atoms with van der Waals surface area (Å²) in [5.41, 5.74) is 1.78. The van der Waals surface area contributed by atoms with E-state index in [1.165, 1.54) is 0 Å². The Bertz CT molecular complexity index is 748. The topological polar surface area (TPSA) is 52.8 Å². The van der Waals surface area contributed by atoms with Crippen LogP contribution in [-0.2, 0) is 4.79 Å². The van der Waals surface area contributed by atoms with Crippen molar-refractivity contribution in [3.8, 4) is 0 Å². The van der Waals surface area contributed by atoms with Gasteiger partial charge in [-0.2, -0.15) is 4.98 Å². The van der Waals surface area contributed by atoms with E-state index in [-0.39, 0.29) is 5.92 Å². The third-order valence-electron chi connectivity index (χ3n) is 6.19. The van der Waals surface area contributed by atoms with Crippen LogP contribution in [0.4, 0.5) is 6.01 Å². The van der Waals surface area contributed by atoms with Crippen molar-refractivity contribution in [2.75, 3.05) is 44.7 Å². The van der Waals surface area contributed by atoms with Crippen LogP contribution in [0.15, 0.2) is 28.7 Å². The molecular formula is C21H30N4O2. The number of likely N-dealkylation sites (tertiary alicyclic amines) is 1. The maximum Gasteiger partial charge on any atom is 0.298 e. The lowest BCUT2D eigenvalue weighted by atomic mass is 9.93. The molecule has 2 aliphatic rings. The predicted molar refractivity (Wildman–Crippen MR) is 107 cm³/mol. The van der Waals surface area contributed by atoms with Crippen molar-refractivity contribution in [3.63, 3.8) is 0 Å². The van der Waals surface area contributed by atoms with Crippen LogP contribution in [0.1, 0.15) is 32.6 Å². The Balaban J connectivity index is 1.35. The molecule has 0 N–H and O–H groups in total. The first kappa shape index (κ1) is 18.3. The van der Waals surface area contributed by atoms with E-state index in [2.05, 4.69) is 14.8 Å². The van der Waals surface area contributed by atoms with E-state index < -0.39 is 0 Å². The number of aromatic nitrogens is 1. The quantitative estimate of drug-likeness (QED) is 0.828. The van der Waals surface area contributed by atoms with Crippen LogP contribution in [0.25, 0.3) is 11.1 Å². The fourth-order valence-corrected chi connectivity index (χ4v) is 4.42. The van der Waals surface area contributed by atoms with Crippen molar-refractivity contribution >= 4 is 23.0 Å². The zero-order valence-electron chi connectivity index (χ0n) is 16.4. The number of carbonyl (C=O) groups is 1. The van der Waals surface area contributed by atoms with Gasteiger partial charge in [0.1, 0.15) is 5.52 Å². The highest BCUT2D eigenvalue weighted by atomic mass is 16.4. The number of piperidine rings is 2. The normalized spacial score (nSPS) is 22.3. The Hall–Kier alpha value is -2.08. The Kier molecular flexibility index (Phi) is 5.34. The van der Waals surface area contributed by atoms with Crippen molar-refractivity contribution in [2.45, 2.75) is 38.6 Å². The van der Waals surface area contributed by atoms with Crippen LogP contribution in [0, 0.1) is 5.92 Å². The van der Waals surface area contributed by atoms with Gasteiger partial charge < -0.3 is 14.2 Å². The molecule has 0 saturated carbocycles. The van der Waals surface area contributed by atoms with Crippen LogP contribution < -0.4 is 4.90 Å². The summed E-state index contributed by atoms with van der Waals surface area (Å²) in [6.07, 6.45) is 4.35. The monoisotopic (exact) mass is 370 g/mol. The number of benzene rings is 1. The summed E-state index contributed by atoms with van der Waals surface area (Å²) in [6.45, 7) is 6.78. The number of para-hydroxylation sites is 2. The van der Waals surface area contributed by atoms with Crippen LogP contribution in [0.5, 0.6) is 0 Å². The van der Waals surface area contributed by atoms with E-state index in [9.17, 15) is 4.79 Å². The highest BCUT2D eigenvalue weighted by Crippen LogP contribution is 2.28. The molecule has 1 unspecified atom stereocenters. The van der Waals surface area contributed by atoms with Crippen LogP contribution in [0.2, 0.25) is 0 Å². The van der Waals surface area contributed by atoms with Crippen molar-refractivity contribution in [1.29, 1.82) is 0 Å². The van der Waals surface area contributed by atoms with E-state index in [1.807, 2.05) is 43.1 Å². The molecule has 2 aliphatic heterocycles. The van der Waals surface area contributed by atoms with Crippen LogP contribution in [-0.4, -0.2) is 66.5 Å². The highest BCUT2D eigenvalue weighted by Gasteiger charge is 2.33. The number of oxazole rings is 1. The summed E-state index contributed by atoms with van der Waals surface area (Å²) in [5, 5.41) is 0. The van der Waals surface area contributed by atoms with E-state index in [0.29, 0.717) is 11.9 Å². The Morgan fingerprint density at radius 3 is 2.74 bits per heavy atom. The summed E-state index contributed by atoms with van der Waals surface area (Å²) in [5.74, 6) is 0.477. The molecule has 2 fully saturated rings. The molecule has 2 saturated heterocycles. The van der Waals surface area contributed by atoms with Gasteiger partial charge in [0.15, 0.2) is 5.58 Å². The Morgan fingerprint density at radius 1 is 1.22 bits per heavy atom. The van der Waals surface area contributed by atoms with E-state index >= 15 is 0 Å². The molecule has 1 atom stereocenters. The average molecular weight is 370 g/mol. The fraction of sp³-hybridized carbons (Fsp3) is 0.619. The molecule has 27 heavy (non-hydrogen) atoms. The van der Waals surface area contributed by atoms with Crippen LogP contribution >= 0.6 is 0 Å². The smallest absolute Gasteiger partial charge is 0.298 e. The minimum Gasteiger partial charge on any atom is -0.423 e. The van der Waals surface area contributed by atoms with Gasteiger partial charge in [0.05, 0.1) is 5.92 Å². The predicted octanol–water partition coefficient (Wildman–Crippen LogP) is 2.99. The molecule has 6 nitrogen and oxygen atoms in total. The summed E-state index contributed by atoms with van der Waals surface area (Å²) in [4.78, 5) is 23.9. The third kappa shape index (κ3) is 3.81. The van der Waals surface area contributed by atoms with Gasteiger partial charge in [-0.05, 0) is 51.3 Å². The number of carbonyl (C=O) groups excluding carboxylic acids is 1. The molecule has 0 bridgehead atoms. The second kappa shape index (κ2) is 7.89. The summed E-state index contributed by atoms with van der Waals surface area (Å²) >= 11 is 0. The first-order valence-electron chi connectivity index (χ1n) is 10.2. The maximum absolute atomic E-state index is 12.6. The van der Waals surface area contributed by atoms with Gasteiger partial charge in [-0.3, -0.25) is 9.69 Å². The molecular weight excluding hydrogens is 340 g/mol. The number of anilines is 1. The molecule has 146 valence electrons. The zero-order valence-corrected chi connectivity index (χ0v) is 16.4. The summed E-state index contributed by atoms with van der Waals surface area (Å²) in [6, 6.07) is 9.24. The average Bonchev–Trinajstić information content (AvgIpc) is 3.17. The van der Waals surface area contributed by atoms with E-state index in [1.54, 1.807) is 0 Å².